The monoisotopic (exact) mass is 326 g/mol. The van der Waals surface area contributed by atoms with Gasteiger partial charge >= 0.3 is 0 Å². The molecule has 0 atom stereocenters. The number of alkyl halides is 1. The van der Waals surface area contributed by atoms with Crippen LogP contribution in [0.4, 0.5) is 4.39 Å². The molecule has 0 saturated heterocycles. The summed E-state index contributed by atoms with van der Waals surface area (Å²) in [6, 6.07) is 5.67. The SMILES string of the molecule is Fc1c(I)sc2ccc(CCl)cc12. The Kier molecular flexibility index (Phi) is 2.76. The molecule has 0 nitrogen and oxygen atoms in total. The molecule has 0 aliphatic rings. The van der Waals surface area contributed by atoms with Crippen LogP contribution >= 0.6 is 45.5 Å². The normalized spacial score (nSPS) is 11.0. The van der Waals surface area contributed by atoms with Crippen LogP contribution in [0.25, 0.3) is 10.1 Å². The highest BCUT2D eigenvalue weighted by atomic mass is 127. The first kappa shape index (κ1) is 9.68. The lowest BCUT2D eigenvalue weighted by Crippen LogP contribution is -1.77. The number of benzene rings is 1. The average Bonchev–Trinajstić information content (AvgIpc) is 2.43. The van der Waals surface area contributed by atoms with Crippen LogP contribution in [0, 0.1) is 8.70 Å². The molecule has 0 fully saturated rings. The number of hydrogen-bond donors (Lipinski definition) is 0. The predicted octanol–water partition coefficient (Wildman–Crippen LogP) is 4.38. The van der Waals surface area contributed by atoms with Gasteiger partial charge in [-0.25, -0.2) is 4.39 Å². The van der Waals surface area contributed by atoms with Gasteiger partial charge in [0.05, 0.1) is 0 Å². The van der Waals surface area contributed by atoms with Crippen LogP contribution in [0.15, 0.2) is 18.2 Å². The maximum Gasteiger partial charge on any atom is 0.155 e. The zero-order valence-electron chi connectivity index (χ0n) is 6.48. The second-order valence-electron chi connectivity index (χ2n) is 2.65. The molecule has 1 heterocycles. The molecule has 0 aliphatic heterocycles. The fourth-order valence-corrected chi connectivity index (χ4v) is 3.12. The van der Waals surface area contributed by atoms with E-state index < -0.39 is 0 Å². The van der Waals surface area contributed by atoms with E-state index in [9.17, 15) is 4.39 Å². The van der Waals surface area contributed by atoms with Crippen molar-refractivity contribution in [3.05, 3.63) is 32.5 Å². The van der Waals surface area contributed by atoms with E-state index in [2.05, 4.69) is 0 Å². The number of hydrogen-bond acceptors (Lipinski definition) is 1. The topological polar surface area (TPSA) is 0 Å². The van der Waals surface area contributed by atoms with Gasteiger partial charge in [0.25, 0.3) is 0 Å². The highest BCUT2D eigenvalue weighted by molar-refractivity contribution is 14.1. The Morgan fingerprint density at radius 3 is 2.92 bits per heavy atom. The number of rotatable bonds is 1. The van der Waals surface area contributed by atoms with Gasteiger partial charge in [-0.15, -0.1) is 22.9 Å². The van der Waals surface area contributed by atoms with Crippen LogP contribution in [-0.4, -0.2) is 0 Å². The van der Waals surface area contributed by atoms with Crippen LogP contribution in [0.3, 0.4) is 0 Å². The quantitative estimate of drug-likeness (QED) is 0.539. The van der Waals surface area contributed by atoms with Crippen LogP contribution in [-0.2, 0) is 5.88 Å². The molecule has 0 aliphatic carbocycles. The molecule has 4 heteroatoms. The first-order valence-corrected chi connectivity index (χ1v) is 6.07. The molecule has 0 amide bonds. The Morgan fingerprint density at radius 2 is 2.23 bits per heavy atom. The molecule has 0 unspecified atom stereocenters. The van der Waals surface area contributed by atoms with Crippen molar-refractivity contribution < 1.29 is 4.39 Å². The van der Waals surface area contributed by atoms with Crippen LogP contribution < -0.4 is 0 Å². The molecule has 0 N–H and O–H groups in total. The summed E-state index contributed by atoms with van der Waals surface area (Å²) in [4.78, 5) is 0. The molecular weight excluding hydrogens is 322 g/mol. The lowest BCUT2D eigenvalue weighted by atomic mass is 10.2. The maximum atomic E-state index is 13.4. The predicted molar refractivity (Wildman–Crippen MR) is 64.1 cm³/mol. The van der Waals surface area contributed by atoms with Crippen molar-refractivity contribution in [3.8, 4) is 0 Å². The van der Waals surface area contributed by atoms with Gasteiger partial charge in [-0.1, -0.05) is 6.07 Å². The second kappa shape index (κ2) is 3.71. The maximum absolute atomic E-state index is 13.4. The third-order valence-electron chi connectivity index (χ3n) is 1.81. The molecule has 0 saturated carbocycles. The van der Waals surface area contributed by atoms with Crippen molar-refractivity contribution in [2.24, 2.45) is 0 Å². The third kappa shape index (κ3) is 1.69. The summed E-state index contributed by atoms with van der Waals surface area (Å²) >= 11 is 9.14. The lowest BCUT2D eigenvalue weighted by Gasteiger charge is -1.94. The van der Waals surface area contributed by atoms with E-state index in [4.69, 9.17) is 11.6 Å². The highest BCUT2D eigenvalue weighted by Crippen LogP contribution is 2.31. The third-order valence-corrected chi connectivity index (χ3v) is 4.18. The summed E-state index contributed by atoms with van der Waals surface area (Å²) < 4.78 is 15.1. The van der Waals surface area contributed by atoms with Crippen molar-refractivity contribution in [3.63, 3.8) is 0 Å². The van der Waals surface area contributed by atoms with Gasteiger partial charge in [0.1, 0.15) is 2.88 Å². The van der Waals surface area contributed by atoms with Crippen molar-refractivity contribution >= 4 is 55.6 Å². The van der Waals surface area contributed by atoms with Gasteiger partial charge in [0.15, 0.2) is 5.82 Å². The zero-order chi connectivity index (χ0) is 9.42. The first-order chi connectivity index (χ1) is 6.22. The summed E-state index contributed by atoms with van der Waals surface area (Å²) in [5.74, 6) is 0.314. The Bertz CT molecular complexity index is 452. The Morgan fingerprint density at radius 1 is 1.46 bits per heavy atom. The Labute approximate surface area is 97.8 Å². The van der Waals surface area contributed by atoms with Gasteiger partial charge in [0.2, 0.25) is 0 Å². The molecule has 0 bridgehead atoms. The average molecular weight is 327 g/mol. The van der Waals surface area contributed by atoms with E-state index in [1.165, 1.54) is 11.3 Å². The largest absolute Gasteiger partial charge is 0.204 e. The molecule has 2 aromatic rings. The van der Waals surface area contributed by atoms with Gasteiger partial charge < -0.3 is 0 Å². The molecule has 2 rings (SSSR count). The molecule has 1 aromatic carbocycles. The number of halogens is 3. The van der Waals surface area contributed by atoms with E-state index >= 15 is 0 Å². The van der Waals surface area contributed by atoms with E-state index in [0.717, 1.165) is 10.3 Å². The molecule has 1 aromatic heterocycles. The minimum absolute atomic E-state index is 0.118. The van der Waals surface area contributed by atoms with Crippen LogP contribution in [0.2, 0.25) is 0 Å². The zero-order valence-corrected chi connectivity index (χ0v) is 10.2. The molecule has 13 heavy (non-hydrogen) atoms. The summed E-state index contributed by atoms with van der Waals surface area (Å²) in [5.41, 5.74) is 0.960. The van der Waals surface area contributed by atoms with E-state index in [1.807, 2.05) is 40.8 Å². The van der Waals surface area contributed by atoms with Gasteiger partial charge in [0, 0.05) is 16.0 Å². The summed E-state index contributed by atoms with van der Waals surface area (Å²) in [6.45, 7) is 0. The van der Waals surface area contributed by atoms with Crippen LogP contribution in [0.5, 0.6) is 0 Å². The highest BCUT2D eigenvalue weighted by Gasteiger charge is 2.09. The molecule has 0 radical (unpaired) electrons. The van der Waals surface area contributed by atoms with Crippen molar-refractivity contribution in [2.45, 2.75) is 5.88 Å². The fourth-order valence-electron chi connectivity index (χ4n) is 1.17. The molecule has 68 valence electrons. The molecule has 0 spiro atoms. The summed E-state index contributed by atoms with van der Waals surface area (Å²) in [5, 5.41) is 0.688. The molecular formula is C9H5ClFIS. The van der Waals surface area contributed by atoms with Crippen molar-refractivity contribution in [1.82, 2.24) is 0 Å². The smallest absolute Gasteiger partial charge is 0.155 e. The summed E-state index contributed by atoms with van der Waals surface area (Å²) in [6.07, 6.45) is 0. The minimum Gasteiger partial charge on any atom is -0.204 e. The fraction of sp³-hybridized carbons (Fsp3) is 0.111. The van der Waals surface area contributed by atoms with Crippen molar-refractivity contribution in [1.29, 1.82) is 0 Å². The number of thiophene rings is 1. The van der Waals surface area contributed by atoms with Crippen molar-refractivity contribution in [2.75, 3.05) is 0 Å². The first-order valence-electron chi connectivity index (χ1n) is 3.65. The lowest BCUT2D eigenvalue weighted by molar-refractivity contribution is 0.638. The standard InChI is InChI=1S/C9H5ClFIS/c10-4-5-1-2-7-6(3-5)8(11)9(12)13-7/h1-3H,4H2. The van der Waals surface area contributed by atoms with E-state index in [-0.39, 0.29) is 5.82 Å². The second-order valence-corrected chi connectivity index (χ2v) is 5.78. The van der Waals surface area contributed by atoms with E-state index in [0.29, 0.717) is 14.2 Å². The van der Waals surface area contributed by atoms with Gasteiger partial charge in [-0.2, -0.15) is 0 Å². The number of fused-ring (bicyclic) bond motifs is 1. The minimum atomic E-state index is -0.118. The Balaban J connectivity index is 2.75. The van der Waals surface area contributed by atoms with Gasteiger partial charge in [-0.3, -0.25) is 0 Å². The van der Waals surface area contributed by atoms with Crippen LogP contribution in [0.1, 0.15) is 5.56 Å². The van der Waals surface area contributed by atoms with E-state index in [1.54, 1.807) is 0 Å². The Hall–Kier alpha value is 0.130. The summed E-state index contributed by atoms with van der Waals surface area (Å²) in [7, 11) is 0. The van der Waals surface area contributed by atoms with Gasteiger partial charge in [-0.05, 0) is 40.3 Å².